The van der Waals surface area contributed by atoms with E-state index in [1.807, 2.05) is 24.3 Å². The predicted octanol–water partition coefficient (Wildman–Crippen LogP) is 1.72. The molecule has 4 N–H and O–H groups in total. The lowest BCUT2D eigenvalue weighted by Gasteiger charge is -2.22. The highest BCUT2D eigenvalue weighted by Gasteiger charge is 2.40. The van der Waals surface area contributed by atoms with E-state index in [2.05, 4.69) is 23.9 Å². The monoisotopic (exact) mass is 538 g/mol. The van der Waals surface area contributed by atoms with E-state index in [0.29, 0.717) is 5.75 Å². The van der Waals surface area contributed by atoms with Crippen LogP contribution in [-0.2, 0) is 27.5 Å². The molecule has 38 heavy (non-hydrogen) atoms. The van der Waals surface area contributed by atoms with E-state index in [1.54, 1.807) is 13.4 Å². The first-order chi connectivity index (χ1) is 17.9. The van der Waals surface area contributed by atoms with Crippen molar-refractivity contribution in [1.29, 1.82) is 0 Å². The van der Waals surface area contributed by atoms with Crippen molar-refractivity contribution in [3.05, 3.63) is 41.9 Å². The topological polar surface area (TPSA) is 179 Å². The van der Waals surface area contributed by atoms with Crippen LogP contribution in [0.1, 0.15) is 30.6 Å². The number of aliphatic hydroxyl groups is 1. The van der Waals surface area contributed by atoms with Crippen LogP contribution in [0.5, 0.6) is 17.2 Å². The number of ether oxygens (including phenoxy) is 3. The summed E-state index contributed by atoms with van der Waals surface area (Å²) in [6.07, 6.45) is 0.523. The molecule has 210 valence electrons. The van der Waals surface area contributed by atoms with Crippen molar-refractivity contribution >= 4 is 17.9 Å². The number of methoxy groups -OCH3 is 1. The van der Waals surface area contributed by atoms with Crippen molar-refractivity contribution in [1.82, 2.24) is 9.80 Å². The summed E-state index contributed by atoms with van der Waals surface area (Å²) < 4.78 is 22.0. The van der Waals surface area contributed by atoms with Gasteiger partial charge in [0.25, 0.3) is 0 Å². The molecule has 0 saturated carbocycles. The quantitative estimate of drug-likeness (QED) is 0.273. The molecule has 1 aromatic carbocycles. The Balaban J connectivity index is 0.000000332. The van der Waals surface area contributed by atoms with E-state index in [-0.39, 0.29) is 6.79 Å². The van der Waals surface area contributed by atoms with Crippen LogP contribution in [-0.4, -0.2) is 94.8 Å². The van der Waals surface area contributed by atoms with Crippen LogP contribution in [0.3, 0.4) is 0 Å². The molecular weight excluding hydrogens is 504 g/mol. The van der Waals surface area contributed by atoms with Gasteiger partial charge in [0.15, 0.2) is 17.1 Å². The number of furan rings is 1. The van der Waals surface area contributed by atoms with Gasteiger partial charge in [0.2, 0.25) is 12.5 Å². The van der Waals surface area contributed by atoms with Gasteiger partial charge in [0, 0.05) is 13.1 Å². The first kappa shape index (κ1) is 30.4. The molecule has 2 heterocycles. The molecule has 1 aromatic heterocycles. The second-order valence-corrected chi connectivity index (χ2v) is 8.96. The number of fused-ring (bicyclic) bond motifs is 1. The highest BCUT2D eigenvalue weighted by atomic mass is 16.7. The van der Waals surface area contributed by atoms with E-state index >= 15 is 0 Å². The van der Waals surface area contributed by atoms with Crippen LogP contribution in [0, 0.1) is 0 Å². The summed E-state index contributed by atoms with van der Waals surface area (Å²) in [5, 5.41) is 33.8. The number of nitrogens with zero attached hydrogens (tertiary/aromatic N) is 2. The Hall–Kier alpha value is -3.81. The van der Waals surface area contributed by atoms with Crippen molar-refractivity contribution < 1.29 is 53.4 Å². The van der Waals surface area contributed by atoms with E-state index in [0.717, 1.165) is 55.4 Å². The van der Waals surface area contributed by atoms with E-state index in [4.69, 9.17) is 39.1 Å². The Morgan fingerprint density at radius 1 is 1.03 bits per heavy atom. The predicted molar refractivity (Wildman–Crippen MR) is 132 cm³/mol. The fourth-order valence-electron chi connectivity index (χ4n) is 3.69. The highest BCUT2D eigenvalue weighted by Crippen LogP contribution is 2.42. The lowest BCUT2D eigenvalue weighted by molar-refractivity contribution is -0.170. The Kier molecular flexibility index (Phi) is 11.4. The molecule has 1 aliphatic rings. The number of aliphatic carboxylic acids is 3. The normalized spacial score (nSPS) is 12.3. The van der Waals surface area contributed by atoms with E-state index in [1.165, 1.54) is 0 Å². The maximum atomic E-state index is 10.3. The molecule has 0 amide bonds. The fourth-order valence-corrected chi connectivity index (χ4v) is 3.69. The second-order valence-electron chi connectivity index (χ2n) is 8.96. The van der Waals surface area contributed by atoms with Crippen LogP contribution in [0.25, 0.3) is 0 Å². The summed E-state index contributed by atoms with van der Waals surface area (Å²) in [6, 6.07) is 8.00. The molecule has 1 aliphatic heterocycles. The Bertz CT molecular complexity index is 1050. The van der Waals surface area contributed by atoms with Gasteiger partial charge >= 0.3 is 17.9 Å². The third kappa shape index (κ3) is 9.57. The van der Waals surface area contributed by atoms with Crippen molar-refractivity contribution in [2.75, 3.05) is 41.1 Å². The molecule has 0 unspecified atom stereocenters. The average Bonchev–Trinajstić information content (AvgIpc) is 3.49. The zero-order chi connectivity index (χ0) is 28.3. The van der Waals surface area contributed by atoms with Gasteiger partial charge in [-0.3, -0.25) is 14.5 Å². The molecule has 0 atom stereocenters. The van der Waals surface area contributed by atoms with Crippen molar-refractivity contribution in [2.45, 2.75) is 38.0 Å². The van der Waals surface area contributed by atoms with Crippen molar-refractivity contribution in [3.8, 4) is 17.2 Å². The molecule has 13 heteroatoms. The number of carboxylic acids is 3. The van der Waals surface area contributed by atoms with Crippen LogP contribution >= 0.6 is 0 Å². The van der Waals surface area contributed by atoms with Crippen LogP contribution in [0.4, 0.5) is 0 Å². The molecular formula is C25H34N2O11. The Morgan fingerprint density at radius 2 is 1.71 bits per heavy atom. The fraction of sp³-hybridized carbons (Fsp3) is 0.480. The van der Waals surface area contributed by atoms with Gasteiger partial charge in [-0.15, -0.1) is 0 Å². The van der Waals surface area contributed by atoms with Gasteiger partial charge in [-0.1, -0.05) is 0 Å². The van der Waals surface area contributed by atoms with Gasteiger partial charge in [-0.05, 0) is 56.9 Å². The minimum absolute atomic E-state index is 0.244. The smallest absolute Gasteiger partial charge is 0.336 e. The van der Waals surface area contributed by atoms with Gasteiger partial charge in [-0.25, -0.2) is 4.79 Å². The van der Waals surface area contributed by atoms with Crippen molar-refractivity contribution in [2.24, 2.45) is 0 Å². The SMILES string of the molecule is COc1cc(CN(CCCN(C)C)Cc2ccco2)cc2c1OCO2.O=C(O)CC(O)(CC(=O)O)C(=O)O. The standard InChI is InChI=1S/C19H26N2O4.C6H8O7/c1-20(2)7-5-8-21(13-16-6-4-9-23-16)12-15-10-17(22-3)19-18(11-15)24-14-25-19;7-3(8)1-6(13,5(11)12)2-4(9)10/h4,6,9-11H,5,7-8,12-14H2,1-3H3;13H,1-2H2,(H,7,8)(H,9,10)(H,11,12). The van der Waals surface area contributed by atoms with E-state index in [9.17, 15) is 14.4 Å². The molecule has 0 aliphatic carbocycles. The summed E-state index contributed by atoms with van der Waals surface area (Å²) >= 11 is 0. The number of rotatable bonds is 14. The van der Waals surface area contributed by atoms with Crippen LogP contribution in [0.15, 0.2) is 34.9 Å². The van der Waals surface area contributed by atoms with Crippen molar-refractivity contribution in [3.63, 3.8) is 0 Å². The molecule has 0 spiro atoms. The zero-order valence-electron chi connectivity index (χ0n) is 21.6. The molecule has 13 nitrogen and oxygen atoms in total. The minimum atomic E-state index is -2.74. The lowest BCUT2D eigenvalue weighted by atomic mass is 9.96. The summed E-state index contributed by atoms with van der Waals surface area (Å²) in [6.45, 7) is 3.85. The van der Waals surface area contributed by atoms with Gasteiger partial charge in [-0.2, -0.15) is 0 Å². The highest BCUT2D eigenvalue weighted by molar-refractivity contribution is 5.88. The van der Waals surface area contributed by atoms with Gasteiger partial charge < -0.3 is 44.0 Å². The van der Waals surface area contributed by atoms with Gasteiger partial charge in [0.05, 0.1) is 32.8 Å². The molecule has 0 bridgehead atoms. The zero-order valence-corrected chi connectivity index (χ0v) is 21.6. The van der Waals surface area contributed by atoms with Gasteiger partial charge in [0.1, 0.15) is 5.76 Å². The molecule has 0 fully saturated rings. The summed E-state index contributed by atoms with van der Waals surface area (Å²) in [7, 11) is 5.85. The Morgan fingerprint density at radius 3 is 2.24 bits per heavy atom. The second kappa shape index (κ2) is 14.2. The summed E-state index contributed by atoms with van der Waals surface area (Å²) in [4.78, 5) is 35.1. The van der Waals surface area contributed by atoms with Crippen LogP contribution in [0.2, 0.25) is 0 Å². The molecule has 2 aromatic rings. The maximum Gasteiger partial charge on any atom is 0.336 e. The maximum absolute atomic E-state index is 10.3. The average molecular weight is 539 g/mol. The molecule has 3 rings (SSSR count). The lowest BCUT2D eigenvalue weighted by Crippen LogP contribution is -2.42. The summed E-state index contributed by atoms with van der Waals surface area (Å²) in [5.41, 5.74) is -1.60. The Labute approximate surface area is 219 Å². The number of hydrogen-bond donors (Lipinski definition) is 4. The number of benzene rings is 1. The molecule has 0 saturated heterocycles. The number of carbonyl (C=O) groups is 3. The third-order valence-corrected chi connectivity index (χ3v) is 5.45. The summed E-state index contributed by atoms with van der Waals surface area (Å²) in [5.74, 6) is -1.89. The van der Waals surface area contributed by atoms with E-state index < -0.39 is 36.4 Å². The minimum Gasteiger partial charge on any atom is -0.493 e. The number of hydrogen-bond acceptors (Lipinski definition) is 10. The molecule has 0 radical (unpaired) electrons. The first-order valence-electron chi connectivity index (χ1n) is 11.7. The number of carboxylic acid groups (broad SMARTS) is 3. The van der Waals surface area contributed by atoms with Crippen LogP contribution < -0.4 is 14.2 Å². The largest absolute Gasteiger partial charge is 0.493 e. The first-order valence-corrected chi connectivity index (χ1v) is 11.7. The third-order valence-electron chi connectivity index (χ3n) is 5.45.